The Labute approximate surface area is 176 Å². The van der Waals surface area contributed by atoms with Crippen LogP contribution >= 0.6 is 23.2 Å². The van der Waals surface area contributed by atoms with Crippen LogP contribution in [0, 0.1) is 0 Å². The molecule has 0 radical (unpaired) electrons. The molecule has 0 unspecified atom stereocenters. The Hall–Kier alpha value is -2.71. The van der Waals surface area contributed by atoms with Gasteiger partial charge < -0.3 is 19.8 Å². The van der Waals surface area contributed by atoms with E-state index in [0.717, 1.165) is 39.3 Å². The summed E-state index contributed by atoms with van der Waals surface area (Å²) in [4.78, 5) is 40.7. The molecular formula is C19H18Cl2N4O4. The maximum atomic E-state index is 12.4. The van der Waals surface area contributed by atoms with Crippen LogP contribution in [0.3, 0.4) is 0 Å². The van der Waals surface area contributed by atoms with Crippen LogP contribution in [0.2, 0.25) is 10.0 Å². The Morgan fingerprint density at radius 3 is 2.03 bits per heavy atom. The van der Waals surface area contributed by atoms with E-state index in [4.69, 9.17) is 28.3 Å². The predicted octanol–water partition coefficient (Wildman–Crippen LogP) is 2.26. The summed E-state index contributed by atoms with van der Waals surface area (Å²) >= 11 is 11.3. The molecule has 1 aliphatic carbocycles. The number of anilines is 1. The fraction of sp³-hybridized carbons (Fsp3) is 0.316. The molecule has 10 heteroatoms. The predicted molar refractivity (Wildman–Crippen MR) is 108 cm³/mol. The molecule has 29 heavy (non-hydrogen) atoms. The van der Waals surface area contributed by atoms with Crippen molar-refractivity contribution in [3.63, 3.8) is 0 Å². The maximum Gasteiger partial charge on any atom is 0.409 e. The summed E-state index contributed by atoms with van der Waals surface area (Å²) in [5.74, 6) is 0.0485. The minimum atomic E-state index is -1.15. The van der Waals surface area contributed by atoms with Gasteiger partial charge in [-0.2, -0.15) is 0 Å². The molecule has 0 atom stereocenters. The molecule has 2 N–H and O–H groups in total. The lowest BCUT2D eigenvalue weighted by molar-refractivity contribution is -0.117. The molecule has 0 spiro atoms. The molecule has 5 rings (SSSR count). The third kappa shape index (κ3) is 4.49. The van der Waals surface area contributed by atoms with Gasteiger partial charge in [0.15, 0.2) is 0 Å². The van der Waals surface area contributed by atoms with Crippen LogP contribution in [-0.2, 0) is 9.59 Å². The van der Waals surface area contributed by atoms with Crippen molar-refractivity contribution in [2.45, 2.75) is 0 Å². The highest BCUT2D eigenvalue weighted by Crippen LogP contribution is 2.34. The zero-order valence-corrected chi connectivity index (χ0v) is 16.8. The molecule has 152 valence electrons. The number of allylic oxidation sites excluding steroid dienone is 1. The lowest BCUT2D eigenvalue weighted by Crippen LogP contribution is -2.29. The number of carboxylic acid groups (broad SMARTS) is 1. The number of nitrogens with zero attached hydrogens (tertiary/aromatic N) is 3. The second-order valence-electron chi connectivity index (χ2n) is 6.94. The topological polar surface area (TPSA) is 92.5 Å². The van der Waals surface area contributed by atoms with Crippen molar-refractivity contribution in [1.29, 1.82) is 0 Å². The Kier molecular flexibility index (Phi) is 5.14. The van der Waals surface area contributed by atoms with Gasteiger partial charge in [-0.1, -0.05) is 23.2 Å². The van der Waals surface area contributed by atoms with Crippen molar-refractivity contribution in [2.75, 3.05) is 44.6 Å². The van der Waals surface area contributed by atoms with E-state index in [-0.39, 0.29) is 16.6 Å². The second kappa shape index (κ2) is 7.61. The lowest BCUT2D eigenvalue weighted by Gasteiger charge is -2.21. The van der Waals surface area contributed by atoms with Crippen LogP contribution in [0.5, 0.6) is 0 Å². The molecule has 8 nitrogen and oxygen atoms in total. The van der Waals surface area contributed by atoms with Crippen LogP contribution in [0.4, 0.5) is 10.5 Å². The monoisotopic (exact) mass is 436 g/mol. The minimum absolute atomic E-state index is 0.00546. The SMILES string of the molecule is O=C(O)Nc1ccc(Cl)cc1Cl.O=C1C=C(N2CC2)C(=O)C(N2CC2)=C1N1CC1. The highest BCUT2D eigenvalue weighted by Gasteiger charge is 2.43. The van der Waals surface area contributed by atoms with Crippen LogP contribution in [-0.4, -0.2) is 76.7 Å². The molecule has 3 aliphatic heterocycles. The number of halogens is 2. The van der Waals surface area contributed by atoms with Gasteiger partial charge in [0.1, 0.15) is 11.4 Å². The third-order valence-corrected chi connectivity index (χ3v) is 5.21. The maximum absolute atomic E-state index is 12.4. The van der Waals surface area contributed by atoms with Crippen molar-refractivity contribution in [1.82, 2.24) is 14.7 Å². The summed E-state index contributed by atoms with van der Waals surface area (Å²) in [5.41, 5.74) is 2.21. The van der Waals surface area contributed by atoms with Crippen LogP contribution < -0.4 is 5.32 Å². The number of hydrogen-bond acceptors (Lipinski definition) is 6. The van der Waals surface area contributed by atoms with Crippen molar-refractivity contribution < 1.29 is 19.5 Å². The average Bonchev–Trinajstić information content (AvgIpc) is 3.51. The first-order valence-corrected chi connectivity index (χ1v) is 9.85. The Morgan fingerprint density at radius 1 is 0.931 bits per heavy atom. The summed E-state index contributed by atoms with van der Waals surface area (Å²) in [6, 6.07) is 4.52. The van der Waals surface area contributed by atoms with Crippen LogP contribution in [0.25, 0.3) is 0 Å². The molecule has 1 amide bonds. The molecular weight excluding hydrogens is 419 g/mol. The molecule has 1 aromatic carbocycles. The number of carbonyl (C=O) groups excluding carboxylic acids is 2. The summed E-state index contributed by atoms with van der Waals surface area (Å²) < 4.78 is 0. The first-order chi connectivity index (χ1) is 13.8. The molecule has 0 bridgehead atoms. The zero-order chi connectivity index (χ0) is 20.7. The number of benzene rings is 1. The number of nitrogens with one attached hydrogen (secondary N) is 1. The molecule has 3 fully saturated rings. The van der Waals surface area contributed by atoms with Gasteiger partial charge in [-0.25, -0.2) is 4.79 Å². The van der Waals surface area contributed by atoms with E-state index < -0.39 is 6.09 Å². The van der Waals surface area contributed by atoms with Gasteiger partial charge in [0.25, 0.3) is 0 Å². The van der Waals surface area contributed by atoms with E-state index in [2.05, 4.69) is 5.32 Å². The number of Topliss-reactive ketones (excluding diaryl/α,β-unsaturated/α-hetero) is 1. The Morgan fingerprint density at radius 2 is 1.52 bits per heavy atom. The largest absolute Gasteiger partial charge is 0.465 e. The summed E-state index contributed by atoms with van der Waals surface area (Å²) in [6.07, 6.45) is 0.370. The molecule has 3 heterocycles. The molecule has 3 saturated heterocycles. The van der Waals surface area contributed by atoms with Crippen LogP contribution in [0.1, 0.15) is 0 Å². The van der Waals surface area contributed by atoms with Gasteiger partial charge in [0.05, 0.1) is 16.4 Å². The minimum Gasteiger partial charge on any atom is -0.465 e. The van der Waals surface area contributed by atoms with E-state index in [1.54, 1.807) is 6.07 Å². The van der Waals surface area contributed by atoms with Gasteiger partial charge >= 0.3 is 6.09 Å². The van der Waals surface area contributed by atoms with Gasteiger partial charge in [0, 0.05) is 50.4 Å². The normalized spacial score (nSPS) is 19.5. The first kappa shape index (κ1) is 19.6. The standard InChI is InChI=1S/C12H13N3O2.C7H5Cl2NO2/c16-9-7-8(13-1-2-13)12(17)11(15-5-6-15)10(9)14-3-4-14;8-4-1-2-6(5(9)3-4)10-7(11)12/h7H,1-6H2;1-3,10H,(H,11,12). The van der Waals surface area contributed by atoms with E-state index >= 15 is 0 Å². The summed E-state index contributed by atoms with van der Waals surface area (Å²) in [6.45, 7) is 5.41. The first-order valence-electron chi connectivity index (χ1n) is 9.10. The highest BCUT2D eigenvalue weighted by atomic mass is 35.5. The fourth-order valence-corrected chi connectivity index (χ4v) is 3.44. The molecule has 0 aromatic heterocycles. The lowest BCUT2D eigenvalue weighted by atomic mass is 10.0. The second-order valence-corrected chi connectivity index (χ2v) is 7.78. The number of ketones is 2. The van der Waals surface area contributed by atoms with E-state index in [1.165, 1.54) is 18.2 Å². The van der Waals surface area contributed by atoms with E-state index in [0.29, 0.717) is 27.8 Å². The number of carbonyl (C=O) groups is 3. The molecule has 1 aromatic rings. The van der Waals surface area contributed by atoms with Gasteiger partial charge in [0.2, 0.25) is 11.6 Å². The van der Waals surface area contributed by atoms with Crippen molar-refractivity contribution >= 4 is 46.5 Å². The number of hydrogen-bond donors (Lipinski definition) is 2. The van der Waals surface area contributed by atoms with E-state index in [1.807, 2.05) is 14.7 Å². The smallest absolute Gasteiger partial charge is 0.409 e. The summed E-state index contributed by atoms with van der Waals surface area (Å²) in [5, 5.41) is 11.2. The zero-order valence-electron chi connectivity index (χ0n) is 15.3. The highest BCUT2D eigenvalue weighted by molar-refractivity contribution is 6.36. The van der Waals surface area contributed by atoms with Gasteiger partial charge in [-0.05, 0) is 18.2 Å². The van der Waals surface area contributed by atoms with Crippen molar-refractivity contribution in [2.24, 2.45) is 0 Å². The van der Waals surface area contributed by atoms with Crippen molar-refractivity contribution in [3.05, 3.63) is 51.4 Å². The quantitative estimate of drug-likeness (QED) is 0.552. The van der Waals surface area contributed by atoms with E-state index in [9.17, 15) is 14.4 Å². The number of rotatable bonds is 4. The molecule has 4 aliphatic rings. The molecule has 0 saturated carbocycles. The van der Waals surface area contributed by atoms with Gasteiger partial charge in [-0.15, -0.1) is 0 Å². The number of amides is 1. The van der Waals surface area contributed by atoms with Crippen molar-refractivity contribution in [3.8, 4) is 0 Å². The summed E-state index contributed by atoms with van der Waals surface area (Å²) in [7, 11) is 0. The average molecular weight is 437 g/mol. The van der Waals surface area contributed by atoms with Crippen LogP contribution in [0.15, 0.2) is 41.4 Å². The Balaban J connectivity index is 0.000000152. The van der Waals surface area contributed by atoms with Gasteiger partial charge in [-0.3, -0.25) is 14.9 Å². The third-order valence-electron chi connectivity index (χ3n) is 4.66. The Bertz CT molecular complexity index is 963. The fourth-order valence-electron chi connectivity index (χ4n) is 2.98.